The average Bonchev–Trinajstić information content (AvgIpc) is 2.61. The number of carbonyl (C=O) groups excluding carboxylic acids is 1. The van der Waals surface area contributed by atoms with Crippen LogP contribution in [0.5, 0.6) is 0 Å². The standard InChI is InChI=1S/C10H17N3OS/c1-3-4-8(11)10(14)12-5-9-7(2)13-6-15-9/h6,8H,3-5,11H2,1-2H3,(H,12,14). The Kier molecular flexibility index (Phi) is 4.71. The van der Waals surface area contributed by atoms with E-state index in [1.165, 1.54) is 0 Å². The zero-order chi connectivity index (χ0) is 11.3. The Bertz CT molecular complexity index is 324. The Morgan fingerprint density at radius 1 is 1.73 bits per heavy atom. The summed E-state index contributed by atoms with van der Waals surface area (Å²) in [5.41, 5.74) is 8.44. The Labute approximate surface area is 93.9 Å². The summed E-state index contributed by atoms with van der Waals surface area (Å²) in [6, 6.07) is -0.386. The normalized spacial score (nSPS) is 12.5. The fraction of sp³-hybridized carbons (Fsp3) is 0.600. The van der Waals surface area contributed by atoms with Crippen molar-refractivity contribution >= 4 is 17.2 Å². The van der Waals surface area contributed by atoms with Gasteiger partial charge in [-0.2, -0.15) is 0 Å². The predicted octanol–water partition coefficient (Wildman–Crippen LogP) is 1.20. The van der Waals surface area contributed by atoms with Crippen molar-refractivity contribution in [2.24, 2.45) is 5.73 Å². The Morgan fingerprint density at radius 3 is 3.00 bits per heavy atom. The van der Waals surface area contributed by atoms with Crippen molar-refractivity contribution in [3.63, 3.8) is 0 Å². The molecular formula is C10H17N3OS. The molecule has 15 heavy (non-hydrogen) atoms. The molecule has 0 aliphatic heterocycles. The maximum absolute atomic E-state index is 11.5. The van der Waals surface area contributed by atoms with Gasteiger partial charge in [-0.05, 0) is 13.3 Å². The molecule has 0 bridgehead atoms. The molecule has 1 aromatic heterocycles. The summed E-state index contributed by atoms with van der Waals surface area (Å²) in [7, 11) is 0. The van der Waals surface area contributed by atoms with E-state index in [0.29, 0.717) is 6.54 Å². The summed E-state index contributed by atoms with van der Waals surface area (Å²) in [4.78, 5) is 16.7. The lowest BCUT2D eigenvalue weighted by atomic mass is 10.2. The minimum Gasteiger partial charge on any atom is -0.350 e. The number of hydrogen-bond donors (Lipinski definition) is 2. The van der Waals surface area contributed by atoms with Gasteiger partial charge >= 0.3 is 0 Å². The molecule has 0 aliphatic carbocycles. The molecule has 3 N–H and O–H groups in total. The van der Waals surface area contributed by atoms with E-state index >= 15 is 0 Å². The molecule has 1 unspecified atom stereocenters. The monoisotopic (exact) mass is 227 g/mol. The van der Waals surface area contributed by atoms with E-state index in [0.717, 1.165) is 23.4 Å². The smallest absolute Gasteiger partial charge is 0.237 e. The molecule has 0 aromatic carbocycles. The molecule has 0 aliphatic rings. The van der Waals surface area contributed by atoms with Crippen molar-refractivity contribution in [3.8, 4) is 0 Å². The summed E-state index contributed by atoms with van der Waals surface area (Å²) in [6.45, 7) is 4.48. The van der Waals surface area contributed by atoms with E-state index in [1.54, 1.807) is 16.8 Å². The molecule has 0 spiro atoms. The number of aromatic nitrogens is 1. The van der Waals surface area contributed by atoms with Crippen LogP contribution in [0, 0.1) is 6.92 Å². The van der Waals surface area contributed by atoms with Crippen LogP contribution in [-0.2, 0) is 11.3 Å². The molecule has 0 saturated carbocycles. The minimum atomic E-state index is -0.386. The fourth-order valence-corrected chi connectivity index (χ4v) is 1.95. The van der Waals surface area contributed by atoms with Crippen LogP contribution in [0.3, 0.4) is 0 Å². The highest BCUT2D eigenvalue weighted by atomic mass is 32.1. The number of nitrogens with two attached hydrogens (primary N) is 1. The lowest BCUT2D eigenvalue weighted by Crippen LogP contribution is -2.40. The van der Waals surface area contributed by atoms with Gasteiger partial charge in [-0.3, -0.25) is 4.79 Å². The highest BCUT2D eigenvalue weighted by molar-refractivity contribution is 7.09. The molecule has 5 heteroatoms. The first-order chi connectivity index (χ1) is 7.15. The number of aryl methyl sites for hydroxylation is 1. The quantitative estimate of drug-likeness (QED) is 0.794. The van der Waals surface area contributed by atoms with Gasteiger partial charge in [-0.1, -0.05) is 13.3 Å². The Morgan fingerprint density at radius 2 is 2.47 bits per heavy atom. The lowest BCUT2D eigenvalue weighted by Gasteiger charge is -2.10. The molecule has 1 aromatic rings. The number of nitrogens with zero attached hydrogens (tertiary/aromatic N) is 1. The van der Waals surface area contributed by atoms with Gasteiger partial charge in [0.15, 0.2) is 0 Å². The van der Waals surface area contributed by atoms with Crippen LogP contribution in [0.15, 0.2) is 5.51 Å². The van der Waals surface area contributed by atoms with Crippen LogP contribution in [0.2, 0.25) is 0 Å². The molecule has 4 nitrogen and oxygen atoms in total. The molecule has 1 rings (SSSR count). The minimum absolute atomic E-state index is 0.0790. The van der Waals surface area contributed by atoms with E-state index in [-0.39, 0.29) is 11.9 Å². The highest BCUT2D eigenvalue weighted by Gasteiger charge is 2.12. The van der Waals surface area contributed by atoms with Crippen LogP contribution in [0.1, 0.15) is 30.3 Å². The summed E-state index contributed by atoms with van der Waals surface area (Å²) in [5, 5.41) is 2.82. The number of carbonyl (C=O) groups is 1. The van der Waals surface area contributed by atoms with Crippen molar-refractivity contribution in [3.05, 3.63) is 16.1 Å². The van der Waals surface area contributed by atoms with Crippen LogP contribution in [0.4, 0.5) is 0 Å². The molecule has 0 saturated heterocycles. The summed E-state index contributed by atoms with van der Waals surface area (Å²) in [6.07, 6.45) is 1.65. The molecule has 1 atom stereocenters. The van der Waals surface area contributed by atoms with Crippen LogP contribution >= 0.6 is 11.3 Å². The van der Waals surface area contributed by atoms with Crippen molar-refractivity contribution in [2.45, 2.75) is 39.3 Å². The van der Waals surface area contributed by atoms with Gasteiger partial charge in [-0.15, -0.1) is 11.3 Å². The molecule has 84 valence electrons. The third-order valence-electron chi connectivity index (χ3n) is 2.20. The van der Waals surface area contributed by atoms with Crippen molar-refractivity contribution in [2.75, 3.05) is 0 Å². The van der Waals surface area contributed by atoms with Crippen LogP contribution in [0.25, 0.3) is 0 Å². The van der Waals surface area contributed by atoms with Crippen molar-refractivity contribution in [1.29, 1.82) is 0 Å². The number of amides is 1. The Balaban J connectivity index is 2.37. The van der Waals surface area contributed by atoms with Gasteiger partial charge in [0.25, 0.3) is 0 Å². The third-order valence-corrected chi connectivity index (χ3v) is 3.14. The number of thiazole rings is 1. The zero-order valence-corrected chi connectivity index (χ0v) is 9.93. The second-order valence-electron chi connectivity index (χ2n) is 3.47. The predicted molar refractivity (Wildman–Crippen MR) is 61.6 cm³/mol. The van der Waals surface area contributed by atoms with Gasteiger partial charge in [0, 0.05) is 4.88 Å². The maximum atomic E-state index is 11.5. The topological polar surface area (TPSA) is 68.0 Å². The second kappa shape index (κ2) is 5.82. The highest BCUT2D eigenvalue weighted by Crippen LogP contribution is 2.11. The zero-order valence-electron chi connectivity index (χ0n) is 9.12. The molecule has 0 radical (unpaired) electrons. The van der Waals surface area contributed by atoms with Crippen molar-refractivity contribution in [1.82, 2.24) is 10.3 Å². The van der Waals surface area contributed by atoms with E-state index in [4.69, 9.17) is 5.73 Å². The van der Waals surface area contributed by atoms with Gasteiger partial charge in [-0.25, -0.2) is 4.98 Å². The second-order valence-corrected chi connectivity index (χ2v) is 4.41. The molecular weight excluding hydrogens is 210 g/mol. The fourth-order valence-electron chi connectivity index (χ4n) is 1.24. The van der Waals surface area contributed by atoms with E-state index < -0.39 is 0 Å². The molecule has 1 heterocycles. The first-order valence-electron chi connectivity index (χ1n) is 5.07. The summed E-state index contributed by atoms with van der Waals surface area (Å²) < 4.78 is 0. The van der Waals surface area contributed by atoms with E-state index in [1.807, 2.05) is 13.8 Å². The van der Waals surface area contributed by atoms with E-state index in [9.17, 15) is 4.79 Å². The van der Waals surface area contributed by atoms with Gasteiger partial charge < -0.3 is 11.1 Å². The molecule has 1 amide bonds. The maximum Gasteiger partial charge on any atom is 0.237 e. The lowest BCUT2D eigenvalue weighted by molar-refractivity contribution is -0.122. The van der Waals surface area contributed by atoms with Gasteiger partial charge in [0.1, 0.15) is 0 Å². The van der Waals surface area contributed by atoms with Crippen LogP contribution < -0.4 is 11.1 Å². The SMILES string of the molecule is CCCC(N)C(=O)NCc1scnc1C. The number of nitrogens with one attached hydrogen (secondary N) is 1. The van der Waals surface area contributed by atoms with E-state index in [2.05, 4.69) is 10.3 Å². The third kappa shape index (κ3) is 3.60. The number of rotatable bonds is 5. The first-order valence-corrected chi connectivity index (χ1v) is 5.95. The largest absolute Gasteiger partial charge is 0.350 e. The van der Waals surface area contributed by atoms with Gasteiger partial charge in [0.2, 0.25) is 5.91 Å². The summed E-state index contributed by atoms with van der Waals surface area (Å²) >= 11 is 1.55. The van der Waals surface area contributed by atoms with Crippen LogP contribution in [-0.4, -0.2) is 16.9 Å². The van der Waals surface area contributed by atoms with Crippen molar-refractivity contribution < 1.29 is 4.79 Å². The first kappa shape index (κ1) is 12.1. The summed E-state index contributed by atoms with van der Waals surface area (Å²) in [5.74, 6) is -0.0790. The average molecular weight is 227 g/mol. The number of hydrogen-bond acceptors (Lipinski definition) is 4. The Hall–Kier alpha value is -0.940. The molecule has 0 fully saturated rings. The van der Waals surface area contributed by atoms with Gasteiger partial charge in [0.05, 0.1) is 23.8 Å².